The molecule has 3 N–H and O–H groups in total. The van der Waals surface area contributed by atoms with Crippen LogP contribution in [0.1, 0.15) is 5.56 Å². The van der Waals surface area contributed by atoms with E-state index in [0.29, 0.717) is 6.07 Å². The topological polar surface area (TPSA) is 63.3 Å². The van der Waals surface area contributed by atoms with Gasteiger partial charge in [0, 0.05) is 17.2 Å². The number of hydrogen-bond donors (Lipinski definition) is 2. The van der Waals surface area contributed by atoms with Gasteiger partial charge in [-0.15, -0.1) is 0 Å². The SMILES string of the molecule is NC1C=CC=C(c2ccc(F)cc2F)C1(F)C(=O)O. The van der Waals surface area contributed by atoms with E-state index in [-0.39, 0.29) is 5.56 Å². The van der Waals surface area contributed by atoms with E-state index >= 15 is 0 Å². The summed E-state index contributed by atoms with van der Waals surface area (Å²) in [5.74, 6) is -3.70. The van der Waals surface area contributed by atoms with Gasteiger partial charge in [0.15, 0.2) is 0 Å². The highest BCUT2D eigenvalue weighted by Gasteiger charge is 2.49. The quantitative estimate of drug-likeness (QED) is 0.863. The van der Waals surface area contributed by atoms with E-state index in [1.165, 1.54) is 12.2 Å². The van der Waals surface area contributed by atoms with Gasteiger partial charge in [0.05, 0.1) is 6.04 Å². The summed E-state index contributed by atoms with van der Waals surface area (Å²) in [6, 6.07) is 1.02. The zero-order valence-electron chi connectivity index (χ0n) is 9.61. The second-order valence-electron chi connectivity index (χ2n) is 4.13. The molecule has 2 atom stereocenters. The molecule has 0 saturated heterocycles. The summed E-state index contributed by atoms with van der Waals surface area (Å²) in [6.45, 7) is 0. The minimum Gasteiger partial charge on any atom is -0.479 e. The first-order valence-corrected chi connectivity index (χ1v) is 5.39. The van der Waals surface area contributed by atoms with Gasteiger partial charge in [-0.05, 0) is 12.1 Å². The fraction of sp³-hybridized carbons (Fsp3) is 0.154. The molecule has 0 radical (unpaired) electrons. The van der Waals surface area contributed by atoms with Crippen LogP contribution in [-0.4, -0.2) is 22.8 Å². The molecule has 0 amide bonds. The Morgan fingerprint density at radius 1 is 1.37 bits per heavy atom. The Morgan fingerprint density at radius 2 is 2.05 bits per heavy atom. The first kappa shape index (κ1) is 13.4. The Morgan fingerprint density at radius 3 is 2.63 bits per heavy atom. The molecular weight excluding hydrogens is 259 g/mol. The number of halogens is 3. The van der Waals surface area contributed by atoms with Crippen LogP contribution in [0.25, 0.3) is 5.57 Å². The molecule has 2 rings (SSSR count). The number of hydrogen-bond acceptors (Lipinski definition) is 2. The number of benzene rings is 1. The molecule has 3 nitrogen and oxygen atoms in total. The summed E-state index contributed by atoms with van der Waals surface area (Å²) in [7, 11) is 0. The summed E-state index contributed by atoms with van der Waals surface area (Å²) in [5, 5.41) is 9.02. The average molecular weight is 269 g/mol. The normalized spacial score (nSPS) is 26.1. The van der Waals surface area contributed by atoms with Gasteiger partial charge in [-0.25, -0.2) is 18.0 Å². The first-order chi connectivity index (χ1) is 8.87. The summed E-state index contributed by atoms with van der Waals surface area (Å²) in [6.07, 6.45) is 3.62. The molecule has 19 heavy (non-hydrogen) atoms. The predicted molar refractivity (Wildman–Crippen MR) is 62.9 cm³/mol. The van der Waals surface area contributed by atoms with Crippen LogP contribution < -0.4 is 5.73 Å². The van der Waals surface area contributed by atoms with Gasteiger partial charge in [0.2, 0.25) is 0 Å². The van der Waals surface area contributed by atoms with Crippen LogP contribution in [0.5, 0.6) is 0 Å². The van der Waals surface area contributed by atoms with Crippen LogP contribution in [0.4, 0.5) is 13.2 Å². The zero-order valence-corrected chi connectivity index (χ0v) is 9.61. The third-order valence-corrected chi connectivity index (χ3v) is 2.97. The van der Waals surface area contributed by atoms with Crippen molar-refractivity contribution in [1.29, 1.82) is 0 Å². The van der Waals surface area contributed by atoms with Gasteiger partial charge < -0.3 is 10.8 Å². The minimum atomic E-state index is -2.95. The molecule has 0 heterocycles. The molecule has 0 bridgehead atoms. The van der Waals surface area contributed by atoms with Crippen molar-refractivity contribution in [3.05, 3.63) is 53.6 Å². The van der Waals surface area contributed by atoms with Crippen molar-refractivity contribution < 1.29 is 23.1 Å². The minimum absolute atomic E-state index is 0.328. The number of nitrogens with two attached hydrogens (primary N) is 1. The summed E-state index contributed by atoms with van der Waals surface area (Å²) in [5.41, 5.74) is 1.73. The van der Waals surface area contributed by atoms with Crippen molar-refractivity contribution >= 4 is 11.5 Å². The Hall–Kier alpha value is -2.08. The van der Waals surface area contributed by atoms with E-state index < -0.39 is 34.9 Å². The number of carboxylic acid groups (broad SMARTS) is 1. The number of carbonyl (C=O) groups is 1. The van der Waals surface area contributed by atoms with Crippen molar-refractivity contribution in [3.63, 3.8) is 0 Å². The fourth-order valence-electron chi connectivity index (χ4n) is 1.96. The monoisotopic (exact) mass is 269 g/mol. The standard InChI is InChI=1S/C13H10F3NO2/c14-7-4-5-8(10(15)6-7)9-2-1-3-11(17)13(9,16)12(18)19/h1-6,11H,17H2,(H,18,19). The number of rotatable bonds is 2. The molecule has 0 saturated carbocycles. The van der Waals surface area contributed by atoms with Crippen LogP contribution in [-0.2, 0) is 4.79 Å². The molecule has 0 fully saturated rings. The molecule has 1 aromatic carbocycles. The largest absolute Gasteiger partial charge is 0.479 e. The van der Waals surface area contributed by atoms with Gasteiger partial charge in [-0.3, -0.25) is 0 Å². The molecule has 6 heteroatoms. The summed E-state index contributed by atoms with van der Waals surface area (Å²) < 4.78 is 41.1. The van der Waals surface area contributed by atoms with E-state index in [9.17, 15) is 18.0 Å². The van der Waals surface area contributed by atoms with Gasteiger partial charge in [0.1, 0.15) is 11.6 Å². The number of alkyl halides is 1. The van der Waals surface area contributed by atoms with E-state index in [2.05, 4.69) is 0 Å². The highest BCUT2D eigenvalue weighted by Crippen LogP contribution is 2.37. The summed E-state index contributed by atoms with van der Waals surface area (Å²) >= 11 is 0. The molecule has 2 unspecified atom stereocenters. The maximum absolute atomic E-state index is 14.6. The van der Waals surface area contributed by atoms with Crippen LogP contribution >= 0.6 is 0 Å². The lowest BCUT2D eigenvalue weighted by atomic mass is 9.80. The van der Waals surface area contributed by atoms with E-state index in [4.69, 9.17) is 10.8 Å². The molecule has 1 aliphatic rings. The lowest BCUT2D eigenvalue weighted by Crippen LogP contribution is -2.51. The van der Waals surface area contributed by atoms with Crippen LogP contribution in [0.2, 0.25) is 0 Å². The lowest BCUT2D eigenvalue weighted by Gasteiger charge is -2.30. The Labute approximate surface area is 106 Å². The smallest absolute Gasteiger partial charge is 0.348 e. The van der Waals surface area contributed by atoms with E-state index in [0.717, 1.165) is 18.2 Å². The van der Waals surface area contributed by atoms with Crippen molar-refractivity contribution in [2.24, 2.45) is 5.73 Å². The van der Waals surface area contributed by atoms with Crippen LogP contribution in [0.3, 0.4) is 0 Å². The predicted octanol–water partition coefficient (Wildman–Crippen LogP) is 2.04. The molecule has 1 aromatic rings. The Kier molecular flexibility index (Phi) is 3.20. The van der Waals surface area contributed by atoms with Crippen LogP contribution in [0, 0.1) is 11.6 Å². The fourth-order valence-corrected chi connectivity index (χ4v) is 1.96. The highest BCUT2D eigenvalue weighted by atomic mass is 19.1. The molecule has 100 valence electrons. The van der Waals surface area contributed by atoms with Gasteiger partial charge in [0.25, 0.3) is 5.67 Å². The Balaban J connectivity index is 2.61. The maximum Gasteiger partial charge on any atom is 0.348 e. The highest BCUT2D eigenvalue weighted by molar-refractivity contribution is 5.98. The van der Waals surface area contributed by atoms with Gasteiger partial charge in [-0.1, -0.05) is 18.2 Å². The zero-order chi connectivity index (χ0) is 14.2. The van der Waals surface area contributed by atoms with Crippen molar-refractivity contribution in [3.8, 4) is 0 Å². The van der Waals surface area contributed by atoms with E-state index in [1.807, 2.05) is 0 Å². The molecular formula is C13H10F3NO2. The second-order valence-corrected chi connectivity index (χ2v) is 4.13. The third kappa shape index (κ3) is 2.04. The van der Waals surface area contributed by atoms with Crippen molar-refractivity contribution in [2.45, 2.75) is 11.7 Å². The van der Waals surface area contributed by atoms with Gasteiger partial charge in [-0.2, -0.15) is 0 Å². The average Bonchev–Trinajstić information content (AvgIpc) is 2.33. The van der Waals surface area contributed by atoms with Crippen LogP contribution in [0.15, 0.2) is 36.4 Å². The number of allylic oxidation sites excluding steroid dienone is 2. The van der Waals surface area contributed by atoms with Crippen molar-refractivity contribution in [2.75, 3.05) is 0 Å². The molecule has 0 aromatic heterocycles. The van der Waals surface area contributed by atoms with Gasteiger partial charge >= 0.3 is 5.97 Å². The second kappa shape index (κ2) is 4.55. The maximum atomic E-state index is 14.6. The first-order valence-electron chi connectivity index (χ1n) is 5.39. The molecule has 1 aliphatic carbocycles. The van der Waals surface area contributed by atoms with E-state index in [1.54, 1.807) is 0 Å². The third-order valence-electron chi connectivity index (χ3n) is 2.97. The van der Waals surface area contributed by atoms with Crippen molar-refractivity contribution in [1.82, 2.24) is 0 Å². The Bertz CT molecular complexity index is 598. The number of aliphatic carboxylic acids is 1. The number of carboxylic acids is 1. The molecule has 0 aliphatic heterocycles. The summed E-state index contributed by atoms with van der Waals surface area (Å²) in [4.78, 5) is 11.1. The lowest BCUT2D eigenvalue weighted by molar-refractivity contribution is -0.147. The molecule has 0 spiro atoms.